The number of hydrogen-bond donors (Lipinski definition) is 1. The Morgan fingerprint density at radius 2 is 1.42 bits per heavy atom. The van der Waals surface area contributed by atoms with Crippen molar-refractivity contribution >= 4 is 5.91 Å². The minimum absolute atomic E-state index is 0.396. The summed E-state index contributed by atoms with van der Waals surface area (Å²) in [6.07, 6.45) is 0. The Balaban J connectivity index is 0.000000399. The third-order valence-electron chi connectivity index (χ3n) is 2.25. The highest BCUT2D eigenvalue weighted by Gasteiger charge is 2.02. The first-order chi connectivity index (χ1) is 9.00. The summed E-state index contributed by atoms with van der Waals surface area (Å²) < 4.78 is 0. The number of rotatable bonds is 2. The molecule has 0 saturated carbocycles. The van der Waals surface area contributed by atoms with E-state index in [4.69, 9.17) is 5.73 Å². The number of nitrogens with zero attached hydrogens (tertiary/aromatic N) is 1. The summed E-state index contributed by atoms with van der Waals surface area (Å²) in [4.78, 5) is 13.0. The van der Waals surface area contributed by atoms with Gasteiger partial charge >= 0.3 is 0 Å². The maximum absolute atomic E-state index is 11.0. The van der Waals surface area contributed by atoms with E-state index in [-0.39, 0.29) is 0 Å². The van der Waals surface area contributed by atoms with Crippen LogP contribution in [0.4, 0.5) is 0 Å². The molecular weight excluding hydrogens is 236 g/mol. The molecule has 0 aromatic heterocycles. The molecule has 100 valence electrons. The van der Waals surface area contributed by atoms with Crippen LogP contribution in [-0.4, -0.2) is 32.0 Å². The number of nitrogens with two attached hydrogens (primary N) is 1. The molecule has 0 saturated heterocycles. The molecule has 0 aliphatic carbocycles. The summed E-state index contributed by atoms with van der Waals surface area (Å²) in [5.41, 5.74) is 7.85. The number of amides is 1. The lowest BCUT2D eigenvalue weighted by Crippen LogP contribution is -2.10. The normalized spacial score (nSPS) is 9.68. The lowest BCUT2D eigenvalue weighted by molar-refractivity contribution is 0.100. The Morgan fingerprint density at radius 1 is 0.895 bits per heavy atom. The van der Waals surface area contributed by atoms with Gasteiger partial charge in [-0.25, -0.2) is 0 Å². The molecule has 19 heavy (non-hydrogen) atoms. The second-order valence-corrected chi connectivity index (χ2v) is 4.65. The monoisotopic (exact) mass is 256 g/mol. The lowest BCUT2D eigenvalue weighted by atomic mass is 10.0. The molecule has 0 atom stereocenters. The van der Waals surface area contributed by atoms with Crippen LogP contribution in [0.3, 0.4) is 0 Å². The number of carbonyl (C=O) groups is 1. The van der Waals surface area contributed by atoms with Crippen molar-refractivity contribution in [1.82, 2.24) is 4.90 Å². The molecule has 0 radical (unpaired) electrons. The Kier molecular flexibility index (Phi) is 5.76. The first-order valence-electron chi connectivity index (χ1n) is 6.07. The van der Waals surface area contributed by atoms with Crippen LogP contribution in [0, 0.1) is 0 Å². The van der Waals surface area contributed by atoms with Crippen molar-refractivity contribution in [3.05, 3.63) is 60.2 Å². The van der Waals surface area contributed by atoms with Gasteiger partial charge in [-0.2, -0.15) is 0 Å². The first-order valence-corrected chi connectivity index (χ1v) is 6.07. The Morgan fingerprint density at radius 3 is 1.95 bits per heavy atom. The van der Waals surface area contributed by atoms with Crippen LogP contribution >= 0.6 is 0 Å². The molecule has 0 aliphatic rings. The van der Waals surface area contributed by atoms with Crippen molar-refractivity contribution < 1.29 is 4.79 Å². The van der Waals surface area contributed by atoms with Gasteiger partial charge in [-0.1, -0.05) is 42.5 Å². The smallest absolute Gasteiger partial charge is 0.248 e. The molecule has 1 amide bonds. The van der Waals surface area contributed by atoms with Crippen molar-refractivity contribution in [2.75, 3.05) is 21.1 Å². The van der Waals surface area contributed by atoms with Gasteiger partial charge in [0, 0.05) is 5.56 Å². The van der Waals surface area contributed by atoms with Crippen molar-refractivity contribution in [2.24, 2.45) is 5.73 Å². The summed E-state index contributed by atoms with van der Waals surface area (Å²) >= 11 is 0. The van der Waals surface area contributed by atoms with Crippen molar-refractivity contribution in [3.8, 4) is 11.1 Å². The van der Waals surface area contributed by atoms with Gasteiger partial charge in [0.05, 0.1) is 0 Å². The van der Waals surface area contributed by atoms with E-state index in [9.17, 15) is 4.79 Å². The second-order valence-electron chi connectivity index (χ2n) is 4.65. The van der Waals surface area contributed by atoms with Gasteiger partial charge in [-0.05, 0) is 44.4 Å². The van der Waals surface area contributed by atoms with Gasteiger partial charge in [0.15, 0.2) is 0 Å². The molecule has 2 aromatic rings. The van der Waals surface area contributed by atoms with E-state index >= 15 is 0 Å². The quantitative estimate of drug-likeness (QED) is 0.897. The molecular formula is C16H20N2O. The largest absolute Gasteiger partial charge is 0.366 e. The minimum atomic E-state index is -0.396. The molecule has 3 nitrogen and oxygen atoms in total. The summed E-state index contributed by atoms with van der Waals surface area (Å²) in [7, 11) is 6.00. The highest BCUT2D eigenvalue weighted by Crippen LogP contribution is 2.19. The zero-order chi connectivity index (χ0) is 14.3. The van der Waals surface area contributed by atoms with Gasteiger partial charge in [-0.3, -0.25) is 4.79 Å². The zero-order valence-corrected chi connectivity index (χ0v) is 11.6. The van der Waals surface area contributed by atoms with E-state index in [0.717, 1.165) is 11.1 Å². The third kappa shape index (κ3) is 5.36. The molecule has 0 bridgehead atoms. The average Bonchev–Trinajstić information content (AvgIpc) is 2.39. The van der Waals surface area contributed by atoms with Crippen LogP contribution in [0.5, 0.6) is 0 Å². The van der Waals surface area contributed by atoms with Gasteiger partial charge in [-0.15, -0.1) is 0 Å². The highest BCUT2D eigenvalue weighted by molar-refractivity contribution is 5.94. The molecule has 0 fully saturated rings. The van der Waals surface area contributed by atoms with Crippen LogP contribution in [0.25, 0.3) is 11.1 Å². The molecule has 2 rings (SSSR count). The predicted molar refractivity (Wildman–Crippen MR) is 80.0 cm³/mol. The maximum atomic E-state index is 11.0. The molecule has 2 aromatic carbocycles. The Labute approximate surface area is 114 Å². The van der Waals surface area contributed by atoms with E-state index in [2.05, 4.69) is 0 Å². The summed E-state index contributed by atoms with van der Waals surface area (Å²) in [6, 6.07) is 17.2. The van der Waals surface area contributed by atoms with Crippen LogP contribution < -0.4 is 5.73 Å². The minimum Gasteiger partial charge on any atom is -0.366 e. The van der Waals surface area contributed by atoms with Crippen molar-refractivity contribution in [3.63, 3.8) is 0 Å². The lowest BCUT2D eigenvalue weighted by Gasteiger charge is -2.02. The third-order valence-corrected chi connectivity index (χ3v) is 2.25. The standard InChI is InChI=1S/C13H11NO.C3H9N/c14-13(15)12-8-4-7-11(9-12)10-5-2-1-3-6-10;1-4(2)3/h1-9H,(H2,14,15);1-3H3. The molecule has 2 N–H and O–H groups in total. The fourth-order valence-electron chi connectivity index (χ4n) is 1.48. The fourth-order valence-corrected chi connectivity index (χ4v) is 1.48. The van der Waals surface area contributed by atoms with E-state index in [1.54, 1.807) is 12.1 Å². The maximum Gasteiger partial charge on any atom is 0.248 e. The Bertz CT molecular complexity index is 519. The highest BCUT2D eigenvalue weighted by atomic mass is 16.1. The first kappa shape index (κ1) is 14.9. The van der Waals surface area contributed by atoms with E-state index in [1.807, 2.05) is 68.5 Å². The molecule has 0 aliphatic heterocycles. The number of benzene rings is 2. The fraction of sp³-hybridized carbons (Fsp3) is 0.188. The van der Waals surface area contributed by atoms with Gasteiger partial charge in [0.25, 0.3) is 0 Å². The van der Waals surface area contributed by atoms with Crippen molar-refractivity contribution in [2.45, 2.75) is 0 Å². The second kappa shape index (κ2) is 7.34. The van der Waals surface area contributed by atoms with Gasteiger partial charge in [0.1, 0.15) is 0 Å². The van der Waals surface area contributed by atoms with Gasteiger partial charge < -0.3 is 10.6 Å². The number of carbonyl (C=O) groups excluding carboxylic acids is 1. The summed E-state index contributed by atoms with van der Waals surface area (Å²) in [6.45, 7) is 0. The number of hydrogen-bond acceptors (Lipinski definition) is 2. The SMILES string of the molecule is CN(C)C.NC(=O)c1cccc(-c2ccccc2)c1. The zero-order valence-electron chi connectivity index (χ0n) is 11.6. The Hall–Kier alpha value is -2.13. The molecule has 0 spiro atoms. The van der Waals surface area contributed by atoms with Crippen LogP contribution in [-0.2, 0) is 0 Å². The van der Waals surface area contributed by atoms with E-state index in [0.29, 0.717) is 5.56 Å². The topological polar surface area (TPSA) is 46.3 Å². The molecule has 3 heteroatoms. The average molecular weight is 256 g/mol. The van der Waals surface area contributed by atoms with Crippen LogP contribution in [0.1, 0.15) is 10.4 Å². The van der Waals surface area contributed by atoms with Gasteiger partial charge in [0.2, 0.25) is 5.91 Å². The number of primary amides is 1. The predicted octanol–water partition coefficient (Wildman–Crippen LogP) is 2.63. The van der Waals surface area contributed by atoms with E-state index < -0.39 is 5.91 Å². The van der Waals surface area contributed by atoms with Crippen LogP contribution in [0.2, 0.25) is 0 Å². The van der Waals surface area contributed by atoms with E-state index in [1.165, 1.54) is 0 Å². The molecule has 0 unspecified atom stereocenters. The van der Waals surface area contributed by atoms with Crippen LogP contribution in [0.15, 0.2) is 54.6 Å². The molecule has 0 heterocycles. The van der Waals surface area contributed by atoms with Crippen molar-refractivity contribution in [1.29, 1.82) is 0 Å². The summed E-state index contributed by atoms with van der Waals surface area (Å²) in [5.74, 6) is -0.396. The summed E-state index contributed by atoms with van der Waals surface area (Å²) in [5, 5.41) is 0.